The van der Waals surface area contributed by atoms with E-state index in [4.69, 9.17) is 5.11 Å². The molecule has 0 saturated heterocycles. The number of sulfonamides is 1. The van der Waals surface area contributed by atoms with Crippen LogP contribution >= 0.6 is 0 Å². The number of hydrogen-bond donors (Lipinski definition) is 2. The fourth-order valence-electron chi connectivity index (χ4n) is 2.60. The molecule has 1 heterocycles. The van der Waals surface area contributed by atoms with Crippen LogP contribution in [0.4, 0.5) is 5.69 Å². The second-order valence-electron chi connectivity index (χ2n) is 5.25. The monoisotopic (exact) mass is 344 g/mol. The van der Waals surface area contributed by atoms with Gasteiger partial charge < -0.3 is 10.1 Å². The van der Waals surface area contributed by atoms with Crippen molar-refractivity contribution in [2.45, 2.75) is 11.8 Å². The predicted molar refractivity (Wildman–Crippen MR) is 91.9 cm³/mol. The van der Waals surface area contributed by atoms with Crippen LogP contribution in [0.5, 0.6) is 0 Å². The average Bonchev–Trinajstić information content (AvgIpc) is 3.03. The van der Waals surface area contributed by atoms with Crippen LogP contribution in [-0.4, -0.2) is 31.0 Å². The Hall–Kier alpha value is -2.80. The fraction of sp³-hybridized carbons (Fsp3) is 0.118. The van der Waals surface area contributed by atoms with E-state index in [9.17, 15) is 13.2 Å². The van der Waals surface area contributed by atoms with Gasteiger partial charge in [-0.2, -0.15) is 0 Å². The number of carbonyl (C=O) groups is 1. The lowest BCUT2D eigenvalue weighted by Gasteiger charge is -2.23. The first-order valence-electron chi connectivity index (χ1n) is 7.36. The Morgan fingerprint density at radius 1 is 1.17 bits per heavy atom. The summed E-state index contributed by atoms with van der Waals surface area (Å²) in [6, 6.07) is 12.6. The van der Waals surface area contributed by atoms with E-state index in [1.54, 1.807) is 25.3 Å². The normalized spacial score (nSPS) is 11.5. The van der Waals surface area contributed by atoms with Crippen LogP contribution < -0.4 is 4.31 Å². The van der Waals surface area contributed by atoms with E-state index < -0.39 is 16.0 Å². The highest BCUT2D eigenvalue weighted by molar-refractivity contribution is 7.92. The Bertz CT molecular complexity index is 1010. The van der Waals surface area contributed by atoms with Crippen LogP contribution in [-0.2, 0) is 10.0 Å². The molecule has 0 saturated carbocycles. The summed E-state index contributed by atoms with van der Waals surface area (Å²) in [6.07, 6.45) is 1.79. The molecule has 0 radical (unpaired) electrons. The van der Waals surface area contributed by atoms with Crippen LogP contribution in [0, 0.1) is 0 Å². The summed E-state index contributed by atoms with van der Waals surface area (Å²) in [5.41, 5.74) is 1.39. The number of aromatic carboxylic acids is 1. The van der Waals surface area contributed by atoms with Gasteiger partial charge in [0.1, 0.15) is 0 Å². The van der Waals surface area contributed by atoms with Gasteiger partial charge in [0, 0.05) is 23.6 Å². The van der Waals surface area contributed by atoms with Gasteiger partial charge in [0.2, 0.25) is 0 Å². The van der Waals surface area contributed by atoms with Crippen molar-refractivity contribution in [3.63, 3.8) is 0 Å². The van der Waals surface area contributed by atoms with Crippen molar-refractivity contribution in [1.29, 1.82) is 0 Å². The molecule has 0 bridgehead atoms. The predicted octanol–water partition coefficient (Wildman–Crippen LogP) is 3.08. The van der Waals surface area contributed by atoms with Crippen LogP contribution in [0.2, 0.25) is 0 Å². The van der Waals surface area contributed by atoms with Gasteiger partial charge >= 0.3 is 5.97 Å². The maximum Gasteiger partial charge on any atom is 0.335 e. The molecule has 6 nitrogen and oxygen atoms in total. The Morgan fingerprint density at radius 2 is 1.96 bits per heavy atom. The number of anilines is 1. The first-order valence-corrected chi connectivity index (χ1v) is 8.80. The Balaban J connectivity index is 2.08. The van der Waals surface area contributed by atoms with Crippen LogP contribution in [0.25, 0.3) is 10.9 Å². The lowest BCUT2D eigenvalue weighted by atomic mass is 10.2. The van der Waals surface area contributed by atoms with E-state index in [1.807, 2.05) is 12.1 Å². The standard InChI is InChI=1S/C17H16N2O4S/c1-2-19(14-6-7-16-12(10-14)8-9-18-16)24(22,23)15-5-3-4-13(11-15)17(20)21/h3-11,18H,2H2,1H3,(H,20,21). The van der Waals surface area contributed by atoms with Crippen molar-refractivity contribution in [1.82, 2.24) is 4.98 Å². The van der Waals surface area contributed by atoms with Crippen LogP contribution in [0.3, 0.4) is 0 Å². The van der Waals surface area contributed by atoms with Gasteiger partial charge in [-0.3, -0.25) is 4.31 Å². The van der Waals surface area contributed by atoms with Crippen molar-refractivity contribution in [2.24, 2.45) is 0 Å². The summed E-state index contributed by atoms with van der Waals surface area (Å²) in [4.78, 5) is 14.1. The molecule has 2 N–H and O–H groups in total. The van der Waals surface area contributed by atoms with E-state index in [2.05, 4.69) is 4.98 Å². The number of carboxylic acid groups (broad SMARTS) is 1. The van der Waals surface area contributed by atoms with Crippen molar-refractivity contribution < 1.29 is 18.3 Å². The molecule has 3 aromatic rings. The average molecular weight is 344 g/mol. The van der Waals surface area contributed by atoms with Gasteiger partial charge in [0.05, 0.1) is 16.1 Å². The summed E-state index contributed by atoms with van der Waals surface area (Å²) in [5, 5.41) is 9.97. The number of aromatic nitrogens is 1. The molecule has 124 valence electrons. The van der Waals surface area contributed by atoms with Gasteiger partial charge in [-0.1, -0.05) is 6.07 Å². The molecule has 0 aliphatic carbocycles. The van der Waals surface area contributed by atoms with Crippen molar-refractivity contribution in [3.8, 4) is 0 Å². The first kappa shape index (κ1) is 16.1. The lowest BCUT2D eigenvalue weighted by Crippen LogP contribution is -2.30. The molecule has 0 amide bonds. The minimum atomic E-state index is -3.85. The highest BCUT2D eigenvalue weighted by Crippen LogP contribution is 2.27. The minimum absolute atomic E-state index is 0.0431. The van der Waals surface area contributed by atoms with Gasteiger partial charge in [-0.15, -0.1) is 0 Å². The number of hydrogen-bond acceptors (Lipinski definition) is 3. The molecule has 0 fully saturated rings. The molecule has 2 aromatic carbocycles. The number of aromatic amines is 1. The van der Waals surface area contributed by atoms with E-state index in [0.29, 0.717) is 5.69 Å². The number of nitrogens with zero attached hydrogens (tertiary/aromatic N) is 1. The number of carboxylic acids is 1. The number of rotatable bonds is 5. The number of H-pyrrole nitrogens is 1. The lowest BCUT2D eigenvalue weighted by molar-refractivity contribution is 0.0696. The summed E-state index contributed by atoms with van der Waals surface area (Å²) < 4.78 is 27.1. The summed E-state index contributed by atoms with van der Waals surface area (Å²) >= 11 is 0. The second kappa shape index (κ2) is 6.01. The van der Waals surface area contributed by atoms with Crippen LogP contribution in [0.1, 0.15) is 17.3 Å². The molecule has 3 rings (SSSR count). The summed E-state index contributed by atoms with van der Waals surface area (Å²) in [6.45, 7) is 1.97. The van der Waals surface area contributed by atoms with Crippen molar-refractivity contribution in [3.05, 3.63) is 60.3 Å². The zero-order valence-electron chi connectivity index (χ0n) is 12.9. The van der Waals surface area contributed by atoms with Gasteiger partial charge in [0.15, 0.2) is 0 Å². The number of nitrogens with one attached hydrogen (secondary N) is 1. The second-order valence-corrected chi connectivity index (χ2v) is 7.11. The third-order valence-corrected chi connectivity index (χ3v) is 5.68. The highest BCUT2D eigenvalue weighted by atomic mass is 32.2. The third kappa shape index (κ3) is 2.74. The van der Waals surface area contributed by atoms with Gasteiger partial charge in [-0.05, 0) is 49.4 Å². The fourth-order valence-corrected chi connectivity index (χ4v) is 4.12. The zero-order valence-corrected chi connectivity index (χ0v) is 13.7. The Labute approximate surface area is 139 Å². The molecule has 0 aliphatic rings. The molecule has 0 aliphatic heterocycles. The van der Waals surface area contributed by atoms with Gasteiger partial charge in [-0.25, -0.2) is 13.2 Å². The topological polar surface area (TPSA) is 90.5 Å². The molecular weight excluding hydrogens is 328 g/mol. The van der Waals surface area contributed by atoms with Gasteiger partial charge in [0.25, 0.3) is 10.0 Å². The van der Waals surface area contributed by atoms with E-state index in [-0.39, 0.29) is 17.0 Å². The molecule has 24 heavy (non-hydrogen) atoms. The molecule has 0 spiro atoms. The van der Waals surface area contributed by atoms with Crippen molar-refractivity contribution in [2.75, 3.05) is 10.8 Å². The van der Waals surface area contributed by atoms with E-state index in [0.717, 1.165) is 10.9 Å². The summed E-state index contributed by atoms with van der Waals surface area (Å²) in [5.74, 6) is -1.16. The zero-order chi connectivity index (χ0) is 17.3. The Kier molecular flexibility index (Phi) is 4.02. The molecule has 0 unspecified atom stereocenters. The molecule has 7 heteroatoms. The largest absolute Gasteiger partial charge is 0.478 e. The maximum atomic E-state index is 12.9. The Morgan fingerprint density at radius 3 is 2.67 bits per heavy atom. The maximum absolute atomic E-state index is 12.9. The number of fused-ring (bicyclic) bond motifs is 1. The SMILES string of the molecule is CCN(c1ccc2[nH]ccc2c1)S(=O)(=O)c1cccc(C(=O)O)c1. The highest BCUT2D eigenvalue weighted by Gasteiger charge is 2.24. The molecular formula is C17H16N2O4S. The van der Waals surface area contributed by atoms with Crippen LogP contribution in [0.15, 0.2) is 59.6 Å². The van der Waals surface area contributed by atoms with E-state index in [1.165, 1.54) is 28.6 Å². The third-order valence-electron chi connectivity index (χ3n) is 3.78. The smallest absolute Gasteiger partial charge is 0.335 e. The number of benzene rings is 2. The minimum Gasteiger partial charge on any atom is -0.478 e. The quantitative estimate of drug-likeness (QED) is 0.744. The van der Waals surface area contributed by atoms with E-state index >= 15 is 0 Å². The molecule has 0 atom stereocenters. The summed E-state index contributed by atoms with van der Waals surface area (Å²) in [7, 11) is -3.85. The van der Waals surface area contributed by atoms with Crippen molar-refractivity contribution >= 4 is 32.6 Å². The first-order chi connectivity index (χ1) is 11.4. The molecule has 1 aromatic heterocycles.